The summed E-state index contributed by atoms with van der Waals surface area (Å²) >= 11 is 0. The van der Waals surface area contributed by atoms with E-state index in [1.54, 1.807) is 6.08 Å². The van der Waals surface area contributed by atoms with Crippen molar-refractivity contribution in [3.8, 4) is 0 Å². The summed E-state index contributed by atoms with van der Waals surface area (Å²) < 4.78 is 0. The summed E-state index contributed by atoms with van der Waals surface area (Å²) in [6, 6.07) is 0. The van der Waals surface area contributed by atoms with Gasteiger partial charge in [-0.15, -0.1) is 0 Å². The topological polar surface area (TPSA) is 64.0 Å². The van der Waals surface area contributed by atoms with Crippen molar-refractivity contribution in [2.45, 2.75) is 0 Å². The minimum absolute atomic E-state index is 0.213. The summed E-state index contributed by atoms with van der Waals surface area (Å²) in [6.07, 6.45) is 4.66. The van der Waals surface area contributed by atoms with Gasteiger partial charge in [0, 0.05) is 18.0 Å². The quantitative estimate of drug-likeness (QED) is 0.448. The zero-order chi connectivity index (χ0) is 5.98. The summed E-state index contributed by atoms with van der Waals surface area (Å²) in [5, 5.41) is 10.6. The molecule has 0 fully saturated rings. The number of nitrogens with zero attached hydrogens (tertiary/aromatic N) is 1. The lowest BCUT2D eigenvalue weighted by molar-refractivity contribution is 1.18. The average molecular weight is 108 g/mol. The van der Waals surface area contributed by atoms with E-state index in [9.17, 15) is 0 Å². The van der Waals surface area contributed by atoms with Crippen molar-refractivity contribution in [3.05, 3.63) is 24.0 Å². The maximum atomic E-state index is 6.94. The van der Waals surface area contributed by atoms with Crippen molar-refractivity contribution in [2.24, 2.45) is 5.73 Å². The summed E-state index contributed by atoms with van der Waals surface area (Å²) in [4.78, 5) is 0. The van der Waals surface area contributed by atoms with Gasteiger partial charge in [-0.3, -0.25) is 5.41 Å². The van der Waals surface area contributed by atoms with Crippen LogP contribution in [0.3, 0.4) is 0 Å². The Labute approximate surface area is 47.4 Å². The number of nitrogens with two attached hydrogens (primary N) is 1. The van der Waals surface area contributed by atoms with E-state index < -0.39 is 0 Å². The molecule has 0 amide bonds. The lowest BCUT2D eigenvalue weighted by atomic mass is 10.3. The molecule has 0 saturated carbocycles. The van der Waals surface area contributed by atoms with Gasteiger partial charge in [0.2, 0.25) is 0 Å². The van der Waals surface area contributed by atoms with Crippen LogP contribution in [0.25, 0.3) is 0 Å². The van der Waals surface area contributed by atoms with Gasteiger partial charge in [-0.2, -0.15) is 0 Å². The number of hydrogen-bond donors (Lipinski definition) is 2. The van der Waals surface area contributed by atoms with Crippen LogP contribution in [-0.2, 0) is 0 Å². The van der Waals surface area contributed by atoms with Crippen LogP contribution in [0.5, 0.6) is 0 Å². The summed E-state index contributed by atoms with van der Waals surface area (Å²) in [5.74, 6) is 0.213. The fourth-order valence-corrected chi connectivity index (χ4v) is 0.447. The highest BCUT2D eigenvalue weighted by Gasteiger charge is 1.95. The van der Waals surface area contributed by atoms with Crippen LogP contribution < -0.4 is 11.1 Å². The van der Waals surface area contributed by atoms with Gasteiger partial charge in [0.05, 0.1) is 0 Å². The van der Waals surface area contributed by atoms with E-state index in [0.29, 0.717) is 5.70 Å². The lowest BCUT2D eigenvalue weighted by Gasteiger charge is -1.99. The summed E-state index contributed by atoms with van der Waals surface area (Å²) in [6.45, 7) is 0. The number of amidine groups is 1. The Morgan fingerprint density at radius 1 is 1.62 bits per heavy atom. The third-order valence-electron chi connectivity index (χ3n) is 0.784. The number of hydrogen-bond acceptors (Lipinski definition) is 2. The highest BCUT2D eigenvalue weighted by molar-refractivity contribution is 5.92. The fraction of sp³-hybridized carbons (Fsp3) is 0. The Hall–Kier alpha value is -1.25. The first-order valence-electron chi connectivity index (χ1n) is 2.22. The Morgan fingerprint density at radius 3 is 2.75 bits per heavy atom. The van der Waals surface area contributed by atoms with Crippen LogP contribution in [0, 0.1) is 5.41 Å². The molecule has 8 heavy (non-hydrogen) atoms. The molecule has 3 nitrogen and oxygen atoms in total. The zero-order valence-corrected chi connectivity index (χ0v) is 4.26. The van der Waals surface area contributed by atoms with Crippen LogP contribution in [0.15, 0.2) is 24.0 Å². The molecule has 41 valence electrons. The fourth-order valence-electron chi connectivity index (χ4n) is 0.447. The Bertz CT molecular complexity index is 167. The minimum Gasteiger partial charge on any atom is -0.399 e. The van der Waals surface area contributed by atoms with Gasteiger partial charge >= 0.3 is 0 Å². The van der Waals surface area contributed by atoms with E-state index in [0.717, 1.165) is 0 Å². The Balaban J connectivity index is 2.77. The molecule has 0 saturated heterocycles. The molecule has 0 atom stereocenters. The largest absolute Gasteiger partial charge is 0.399 e. The molecule has 0 aliphatic carbocycles. The highest BCUT2D eigenvalue weighted by atomic mass is 14.9. The summed E-state index contributed by atoms with van der Waals surface area (Å²) in [5.41, 5.74) is 5.89. The van der Waals surface area contributed by atoms with Gasteiger partial charge in [0.15, 0.2) is 0 Å². The van der Waals surface area contributed by atoms with E-state index in [4.69, 9.17) is 11.1 Å². The third-order valence-corrected chi connectivity index (χ3v) is 0.784. The van der Waals surface area contributed by atoms with Crippen LogP contribution in [0.2, 0.25) is 0 Å². The van der Waals surface area contributed by atoms with Gasteiger partial charge in [0.1, 0.15) is 5.84 Å². The maximum Gasteiger partial charge on any atom is 0.146 e. The number of rotatable bonds is 0. The van der Waals surface area contributed by atoms with Crippen molar-refractivity contribution < 1.29 is 0 Å². The molecular formula is C5H6N3. The van der Waals surface area contributed by atoms with Crippen molar-refractivity contribution in [1.82, 2.24) is 5.32 Å². The monoisotopic (exact) mass is 108 g/mol. The van der Waals surface area contributed by atoms with E-state index in [1.165, 1.54) is 12.3 Å². The zero-order valence-electron chi connectivity index (χ0n) is 4.26. The SMILES string of the molecule is N=C1C=C(N)C=C[N]1. The number of allylic oxidation sites excluding steroid dienone is 1. The smallest absolute Gasteiger partial charge is 0.146 e. The molecular weight excluding hydrogens is 102 g/mol. The average Bonchev–Trinajstić information content (AvgIpc) is 1.64. The standard InChI is InChI=1S/C5H6N3/c6-4-1-2-8-5(7)3-4/h1-3,7H,6H2. The summed E-state index contributed by atoms with van der Waals surface area (Å²) in [7, 11) is 0. The van der Waals surface area contributed by atoms with E-state index in [-0.39, 0.29) is 5.84 Å². The third kappa shape index (κ3) is 0.872. The molecule has 3 heteroatoms. The molecule has 1 radical (unpaired) electrons. The predicted molar refractivity (Wildman–Crippen MR) is 31.3 cm³/mol. The molecule has 3 N–H and O–H groups in total. The van der Waals surface area contributed by atoms with Crippen LogP contribution in [0.4, 0.5) is 0 Å². The van der Waals surface area contributed by atoms with Crippen LogP contribution >= 0.6 is 0 Å². The first-order valence-corrected chi connectivity index (χ1v) is 2.22. The molecule has 0 unspecified atom stereocenters. The van der Waals surface area contributed by atoms with Crippen molar-refractivity contribution in [1.29, 1.82) is 5.41 Å². The second-order valence-corrected chi connectivity index (χ2v) is 1.47. The normalized spacial score (nSPS) is 17.5. The molecule has 1 heterocycles. The molecule has 1 aliphatic rings. The minimum atomic E-state index is 0.213. The maximum absolute atomic E-state index is 6.94. The van der Waals surface area contributed by atoms with Crippen LogP contribution in [0.1, 0.15) is 0 Å². The molecule has 1 rings (SSSR count). The molecule has 0 aromatic carbocycles. The van der Waals surface area contributed by atoms with Crippen molar-refractivity contribution >= 4 is 5.84 Å². The highest BCUT2D eigenvalue weighted by Crippen LogP contribution is 1.92. The lowest BCUT2D eigenvalue weighted by Crippen LogP contribution is -2.12. The van der Waals surface area contributed by atoms with Gasteiger partial charge in [-0.1, -0.05) is 0 Å². The molecule has 1 aliphatic heterocycles. The second kappa shape index (κ2) is 1.69. The predicted octanol–water partition coefficient (Wildman–Crippen LogP) is -0.0620. The van der Waals surface area contributed by atoms with Gasteiger partial charge < -0.3 is 5.73 Å². The van der Waals surface area contributed by atoms with Gasteiger partial charge in [-0.25, -0.2) is 5.32 Å². The molecule has 0 aromatic rings. The van der Waals surface area contributed by atoms with E-state index in [1.807, 2.05) is 0 Å². The molecule has 0 spiro atoms. The second-order valence-electron chi connectivity index (χ2n) is 1.47. The van der Waals surface area contributed by atoms with Crippen LogP contribution in [-0.4, -0.2) is 5.84 Å². The Kier molecular flexibility index (Phi) is 1.04. The van der Waals surface area contributed by atoms with Gasteiger partial charge in [-0.05, 0) is 6.08 Å². The first-order chi connectivity index (χ1) is 3.79. The number of nitrogens with one attached hydrogen (secondary N) is 1. The Morgan fingerprint density at radius 2 is 2.38 bits per heavy atom. The van der Waals surface area contributed by atoms with Crippen molar-refractivity contribution in [2.75, 3.05) is 0 Å². The van der Waals surface area contributed by atoms with Gasteiger partial charge in [0.25, 0.3) is 0 Å². The molecule has 0 aromatic heterocycles. The van der Waals surface area contributed by atoms with E-state index in [2.05, 4.69) is 5.32 Å². The van der Waals surface area contributed by atoms with Crippen molar-refractivity contribution in [3.63, 3.8) is 0 Å². The van der Waals surface area contributed by atoms with E-state index >= 15 is 0 Å². The first kappa shape index (κ1) is 4.90. The molecule has 0 bridgehead atoms.